The molecule has 2 heterocycles. The number of carbonyl (C=O) groups is 1. The fraction of sp³-hybridized carbons (Fsp3) is 0.273. The number of nitrogens with zero attached hydrogens (tertiary/aromatic N) is 2. The predicted molar refractivity (Wildman–Crippen MR) is 108 cm³/mol. The Hall–Kier alpha value is -3.48. The average Bonchev–Trinajstić information content (AvgIpc) is 3.26. The Kier molecular flexibility index (Phi) is 6.07. The van der Waals surface area contributed by atoms with Crippen molar-refractivity contribution < 1.29 is 23.5 Å². The number of hydrogen-bond acceptors (Lipinski definition) is 6. The number of esters is 1. The normalized spacial score (nSPS) is 11.1. The van der Waals surface area contributed by atoms with Gasteiger partial charge in [-0.25, -0.2) is 4.79 Å². The third kappa shape index (κ3) is 4.51. The number of ether oxygens (including phenoxy) is 3. The molecule has 29 heavy (non-hydrogen) atoms. The zero-order chi connectivity index (χ0) is 21.0. The summed E-state index contributed by atoms with van der Waals surface area (Å²) in [5.41, 5.74) is 3.58. The number of hydrogen-bond donors (Lipinski definition) is 0. The van der Waals surface area contributed by atoms with E-state index in [1.807, 2.05) is 37.5 Å². The van der Waals surface area contributed by atoms with Gasteiger partial charge in [0, 0.05) is 29.1 Å². The summed E-state index contributed by atoms with van der Waals surface area (Å²) in [4.78, 5) is 12.2. The highest BCUT2D eigenvalue weighted by atomic mass is 16.5. The third-order valence-electron chi connectivity index (χ3n) is 4.57. The number of benzene rings is 1. The van der Waals surface area contributed by atoms with Crippen LogP contribution in [0, 0.1) is 20.8 Å². The Morgan fingerprint density at radius 3 is 2.59 bits per heavy atom. The minimum absolute atomic E-state index is 0.0841. The lowest BCUT2D eigenvalue weighted by molar-refractivity contribution is -0.138. The highest BCUT2D eigenvalue weighted by molar-refractivity contribution is 5.87. The highest BCUT2D eigenvalue weighted by Crippen LogP contribution is 2.25. The van der Waals surface area contributed by atoms with Gasteiger partial charge >= 0.3 is 5.97 Å². The molecule has 0 amide bonds. The molecule has 0 bridgehead atoms. The lowest BCUT2D eigenvalue weighted by atomic mass is 10.2. The Labute approximate surface area is 169 Å². The molecule has 0 spiro atoms. The molecule has 0 aliphatic carbocycles. The van der Waals surface area contributed by atoms with Crippen LogP contribution in [0.3, 0.4) is 0 Å². The summed E-state index contributed by atoms with van der Waals surface area (Å²) in [7, 11) is 3.15. The summed E-state index contributed by atoms with van der Waals surface area (Å²) in [5.74, 6) is 2.31. The minimum atomic E-state index is -0.447. The van der Waals surface area contributed by atoms with Crippen molar-refractivity contribution in [2.75, 3.05) is 14.2 Å². The van der Waals surface area contributed by atoms with Crippen LogP contribution in [0.5, 0.6) is 11.5 Å². The van der Waals surface area contributed by atoms with Crippen molar-refractivity contribution in [3.05, 3.63) is 64.7 Å². The van der Waals surface area contributed by atoms with Gasteiger partial charge in [0.2, 0.25) is 0 Å². The van der Waals surface area contributed by atoms with Crippen molar-refractivity contribution in [2.24, 2.45) is 0 Å². The van der Waals surface area contributed by atoms with E-state index in [-0.39, 0.29) is 6.61 Å². The van der Waals surface area contributed by atoms with Gasteiger partial charge in [-0.15, -0.1) is 0 Å². The van der Waals surface area contributed by atoms with E-state index in [0.29, 0.717) is 17.3 Å². The van der Waals surface area contributed by atoms with Gasteiger partial charge in [-0.05, 0) is 56.7 Å². The van der Waals surface area contributed by atoms with E-state index in [1.54, 1.807) is 38.5 Å². The molecule has 7 nitrogen and oxygen atoms in total. The van der Waals surface area contributed by atoms with Crippen LogP contribution in [0.4, 0.5) is 0 Å². The van der Waals surface area contributed by atoms with Crippen LogP contribution >= 0.6 is 0 Å². The molecule has 0 saturated heterocycles. The standard InChI is InChI=1S/C22H24N2O5/c1-14-10-17(16(3)24(14)21-11-15(2)29-23-21)6-9-22(25)28-13-18-12-19(26-4)7-8-20(18)27-5/h6-12H,13H2,1-5H3/b9-6+. The summed E-state index contributed by atoms with van der Waals surface area (Å²) in [6.45, 7) is 5.87. The van der Waals surface area contributed by atoms with Gasteiger partial charge in [0.1, 0.15) is 23.9 Å². The van der Waals surface area contributed by atoms with E-state index in [4.69, 9.17) is 18.7 Å². The topological polar surface area (TPSA) is 75.7 Å². The summed E-state index contributed by atoms with van der Waals surface area (Å²) in [6.07, 6.45) is 3.14. The van der Waals surface area contributed by atoms with Gasteiger partial charge in [0.05, 0.1) is 14.2 Å². The quantitative estimate of drug-likeness (QED) is 0.441. The molecule has 2 aromatic heterocycles. The van der Waals surface area contributed by atoms with Crippen LogP contribution in [-0.2, 0) is 16.1 Å². The van der Waals surface area contributed by atoms with Gasteiger partial charge in [-0.2, -0.15) is 0 Å². The fourth-order valence-corrected chi connectivity index (χ4v) is 3.12. The van der Waals surface area contributed by atoms with Gasteiger partial charge in [-0.1, -0.05) is 5.16 Å². The zero-order valence-electron chi connectivity index (χ0n) is 17.2. The maximum absolute atomic E-state index is 12.2. The number of aryl methyl sites for hydroxylation is 2. The number of aromatic nitrogens is 2. The molecule has 3 rings (SSSR count). The first-order valence-corrected chi connectivity index (χ1v) is 9.11. The third-order valence-corrected chi connectivity index (χ3v) is 4.57. The molecule has 0 fully saturated rings. The summed E-state index contributed by atoms with van der Waals surface area (Å²) >= 11 is 0. The van der Waals surface area contributed by atoms with Gasteiger partial charge < -0.3 is 18.7 Å². The minimum Gasteiger partial charge on any atom is -0.497 e. The van der Waals surface area contributed by atoms with Crippen molar-refractivity contribution in [2.45, 2.75) is 27.4 Å². The van der Waals surface area contributed by atoms with Crippen LogP contribution in [0.2, 0.25) is 0 Å². The smallest absolute Gasteiger partial charge is 0.331 e. The molecule has 0 atom stereocenters. The highest BCUT2D eigenvalue weighted by Gasteiger charge is 2.13. The van der Waals surface area contributed by atoms with Crippen molar-refractivity contribution >= 4 is 12.0 Å². The Bertz CT molecular complexity index is 1050. The first-order chi connectivity index (χ1) is 13.9. The van der Waals surface area contributed by atoms with Crippen molar-refractivity contribution in [1.29, 1.82) is 0 Å². The second-order valence-electron chi connectivity index (χ2n) is 6.58. The lowest BCUT2D eigenvalue weighted by Gasteiger charge is -2.10. The molecule has 0 radical (unpaired) electrons. The monoisotopic (exact) mass is 396 g/mol. The van der Waals surface area contributed by atoms with E-state index in [1.165, 1.54) is 6.08 Å². The van der Waals surface area contributed by atoms with Crippen LogP contribution < -0.4 is 9.47 Å². The molecule has 0 saturated carbocycles. The van der Waals surface area contributed by atoms with E-state index >= 15 is 0 Å². The van der Waals surface area contributed by atoms with E-state index < -0.39 is 5.97 Å². The maximum atomic E-state index is 12.2. The number of methoxy groups -OCH3 is 2. The molecule has 7 heteroatoms. The Morgan fingerprint density at radius 1 is 1.14 bits per heavy atom. The summed E-state index contributed by atoms with van der Waals surface area (Å²) in [5, 5.41) is 4.06. The molecule has 0 unspecified atom stereocenters. The number of carbonyl (C=O) groups excluding carboxylic acids is 1. The molecular formula is C22H24N2O5. The van der Waals surface area contributed by atoms with Crippen molar-refractivity contribution in [3.8, 4) is 17.3 Å². The lowest BCUT2D eigenvalue weighted by Crippen LogP contribution is -2.03. The zero-order valence-corrected chi connectivity index (χ0v) is 17.2. The van der Waals surface area contributed by atoms with Crippen molar-refractivity contribution in [3.63, 3.8) is 0 Å². The van der Waals surface area contributed by atoms with E-state index in [9.17, 15) is 4.79 Å². The second-order valence-corrected chi connectivity index (χ2v) is 6.58. The van der Waals surface area contributed by atoms with Crippen LogP contribution in [0.1, 0.15) is 28.3 Å². The fourth-order valence-electron chi connectivity index (χ4n) is 3.12. The summed E-state index contributed by atoms with van der Waals surface area (Å²) < 4.78 is 23.0. The SMILES string of the molecule is COc1ccc(OC)c(COC(=O)/C=C/c2cc(C)n(-c3cc(C)on3)c2C)c1. The number of rotatable bonds is 7. The van der Waals surface area contributed by atoms with Gasteiger partial charge in [0.15, 0.2) is 5.82 Å². The van der Waals surface area contributed by atoms with Crippen molar-refractivity contribution in [1.82, 2.24) is 9.72 Å². The molecule has 0 N–H and O–H groups in total. The average molecular weight is 396 g/mol. The molecule has 3 aromatic rings. The largest absolute Gasteiger partial charge is 0.497 e. The first kappa shape index (κ1) is 20.3. The first-order valence-electron chi connectivity index (χ1n) is 9.11. The van der Waals surface area contributed by atoms with Gasteiger partial charge in [0.25, 0.3) is 0 Å². The van der Waals surface area contributed by atoms with Gasteiger partial charge in [-0.3, -0.25) is 4.57 Å². The van der Waals surface area contributed by atoms with Crippen LogP contribution in [0.15, 0.2) is 40.9 Å². The second kappa shape index (κ2) is 8.68. The molecule has 1 aromatic carbocycles. The Balaban J connectivity index is 1.70. The predicted octanol–water partition coefficient (Wildman–Crippen LogP) is 4.16. The van der Waals surface area contributed by atoms with E-state index in [2.05, 4.69) is 5.16 Å². The maximum Gasteiger partial charge on any atom is 0.331 e. The van der Waals surface area contributed by atoms with Crippen LogP contribution in [-0.4, -0.2) is 29.9 Å². The molecule has 0 aliphatic heterocycles. The molecular weight excluding hydrogens is 372 g/mol. The molecule has 0 aliphatic rings. The van der Waals surface area contributed by atoms with Crippen LogP contribution in [0.25, 0.3) is 11.9 Å². The van der Waals surface area contributed by atoms with E-state index in [0.717, 1.165) is 28.3 Å². The molecule has 152 valence electrons. The Morgan fingerprint density at radius 2 is 1.93 bits per heavy atom. The summed E-state index contributed by atoms with van der Waals surface area (Å²) in [6, 6.07) is 9.19.